The SMILES string of the molecule is Cc1cc2c(cc1Cc1ccc(-c3cscn3)cc1)C(=O)N(c1ncccc1C#N)CC2. The second kappa shape index (κ2) is 8.37. The first-order valence-corrected chi connectivity index (χ1v) is 11.3. The number of aromatic nitrogens is 2. The minimum absolute atomic E-state index is 0.0958. The number of hydrogen-bond acceptors (Lipinski definition) is 5. The molecular formula is C26H20N4OS. The Morgan fingerprint density at radius 3 is 2.75 bits per heavy atom. The van der Waals surface area contributed by atoms with Gasteiger partial charge in [0.15, 0.2) is 5.82 Å². The van der Waals surface area contributed by atoms with Crippen molar-refractivity contribution in [2.75, 3.05) is 11.4 Å². The highest BCUT2D eigenvalue weighted by Gasteiger charge is 2.28. The van der Waals surface area contributed by atoms with Crippen molar-refractivity contribution in [1.82, 2.24) is 9.97 Å². The minimum Gasteiger partial charge on any atom is -0.291 e. The number of hydrogen-bond donors (Lipinski definition) is 0. The van der Waals surface area contributed by atoms with E-state index in [-0.39, 0.29) is 5.91 Å². The van der Waals surface area contributed by atoms with E-state index in [1.54, 1.807) is 34.6 Å². The van der Waals surface area contributed by atoms with Gasteiger partial charge in [0.05, 0.1) is 16.8 Å². The van der Waals surface area contributed by atoms with Crippen LogP contribution in [0.5, 0.6) is 0 Å². The molecule has 0 spiro atoms. The van der Waals surface area contributed by atoms with Crippen LogP contribution in [0.15, 0.2) is 65.6 Å². The van der Waals surface area contributed by atoms with Crippen LogP contribution in [0.1, 0.15) is 38.2 Å². The van der Waals surface area contributed by atoms with Gasteiger partial charge in [0, 0.05) is 29.2 Å². The van der Waals surface area contributed by atoms with Crippen molar-refractivity contribution < 1.29 is 4.79 Å². The Labute approximate surface area is 190 Å². The topological polar surface area (TPSA) is 69.9 Å². The Morgan fingerprint density at radius 2 is 2.00 bits per heavy atom. The van der Waals surface area contributed by atoms with Crippen molar-refractivity contribution >= 4 is 23.1 Å². The summed E-state index contributed by atoms with van der Waals surface area (Å²) >= 11 is 1.59. The summed E-state index contributed by atoms with van der Waals surface area (Å²) in [6.07, 6.45) is 3.11. The molecule has 6 heteroatoms. The molecule has 2 aromatic carbocycles. The van der Waals surface area contributed by atoms with Gasteiger partial charge >= 0.3 is 0 Å². The van der Waals surface area contributed by atoms with Crippen LogP contribution in [-0.4, -0.2) is 22.4 Å². The third-order valence-electron chi connectivity index (χ3n) is 5.88. The van der Waals surface area contributed by atoms with E-state index in [1.165, 1.54) is 11.1 Å². The van der Waals surface area contributed by atoms with Gasteiger partial charge in [0.1, 0.15) is 6.07 Å². The smallest absolute Gasteiger partial charge is 0.259 e. The molecule has 0 N–H and O–H groups in total. The van der Waals surface area contributed by atoms with Crippen molar-refractivity contribution in [2.45, 2.75) is 19.8 Å². The minimum atomic E-state index is -0.0958. The fourth-order valence-electron chi connectivity index (χ4n) is 4.16. The summed E-state index contributed by atoms with van der Waals surface area (Å²) in [5.74, 6) is 0.340. The van der Waals surface area contributed by atoms with Gasteiger partial charge < -0.3 is 0 Å². The summed E-state index contributed by atoms with van der Waals surface area (Å²) in [6.45, 7) is 2.62. The summed E-state index contributed by atoms with van der Waals surface area (Å²) in [5.41, 5.74) is 9.60. The fourth-order valence-corrected chi connectivity index (χ4v) is 4.72. The number of carbonyl (C=O) groups is 1. The Hall–Kier alpha value is -3.82. The Kier molecular flexibility index (Phi) is 5.26. The highest BCUT2D eigenvalue weighted by atomic mass is 32.1. The second-order valence-corrected chi connectivity index (χ2v) is 8.60. The molecule has 0 bridgehead atoms. The number of benzene rings is 2. The number of thiazole rings is 1. The average molecular weight is 437 g/mol. The van der Waals surface area contributed by atoms with Gasteiger partial charge in [-0.15, -0.1) is 11.3 Å². The molecule has 0 fully saturated rings. The van der Waals surface area contributed by atoms with E-state index >= 15 is 0 Å². The van der Waals surface area contributed by atoms with Crippen LogP contribution >= 0.6 is 11.3 Å². The first-order chi connectivity index (χ1) is 15.6. The number of aryl methyl sites for hydroxylation is 1. The molecule has 1 amide bonds. The zero-order chi connectivity index (χ0) is 22.1. The summed E-state index contributed by atoms with van der Waals surface area (Å²) in [6, 6.07) is 18.1. The largest absolute Gasteiger partial charge is 0.291 e. The Balaban J connectivity index is 1.44. The van der Waals surface area contributed by atoms with Crippen LogP contribution in [0.4, 0.5) is 5.82 Å². The van der Waals surface area contributed by atoms with Gasteiger partial charge in [-0.2, -0.15) is 5.26 Å². The van der Waals surface area contributed by atoms with Crippen LogP contribution in [-0.2, 0) is 12.8 Å². The number of carbonyl (C=O) groups excluding carboxylic acids is 1. The van der Waals surface area contributed by atoms with Crippen molar-refractivity contribution in [3.8, 4) is 17.3 Å². The Morgan fingerprint density at radius 1 is 1.16 bits per heavy atom. The highest BCUT2D eigenvalue weighted by Crippen LogP contribution is 2.29. The molecule has 0 saturated carbocycles. The van der Waals surface area contributed by atoms with E-state index in [1.807, 2.05) is 17.0 Å². The van der Waals surface area contributed by atoms with E-state index in [9.17, 15) is 10.1 Å². The molecular weight excluding hydrogens is 416 g/mol. The summed E-state index contributed by atoms with van der Waals surface area (Å²) in [7, 11) is 0. The molecule has 3 heterocycles. The van der Waals surface area contributed by atoms with E-state index in [0.29, 0.717) is 23.5 Å². The van der Waals surface area contributed by atoms with Gasteiger partial charge in [0.2, 0.25) is 0 Å². The third-order valence-corrected chi connectivity index (χ3v) is 6.47. The summed E-state index contributed by atoms with van der Waals surface area (Å²) in [5, 5.41) is 11.5. The van der Waals surface area contributed by atoms with Gasteiger partial charge in [0.25, 0.3) is 5.91 Å². The van der Waals surface area contributed by atoms with Gasteiger partial charge in [-0.3, -0.25) is 9.69 Å². The molecule has 156 valence electrons. The lowest BCUT2D eigenvalue weighted by atomic mass is 9.90. The van der Waals surface area contributed by atoms with Crippen LogP contribution < -0.4 is 4.90 Å². The highest BCUT2D eigenvalue weighted by molar-refractivity contribution is 7.07. The number of rotatable bonds is 4. The molecule has 4 aromatic rings. The predicted octanol–water partition coefficient (Wildman–Crippen LogP) is 5.18. The molecule has 0 atom stereocenters. The summed E-state index contributed by atoms with van der Waals surface area (Å²) < 4.78 is 0. The van der Waals surface area contributed by atoms with E-state index in [0.717, 1.165) is 35.2 Å². The molecule has 2 aromatic heterocycles. The molecule has 1 aliphatic heterocycles. The fraction of sp³-hybridized carbons (Fsp3) is 0.154. The molecule has 0 unspecified atom stereocenters. The van der Waals surface area contributed by atoms with Crippen LogP contribution in [0, 0.1) is 18.3 Å². The van der Waals surface area contributed by atoms with E-state index in [4.69, 9.17) is 0 Å². The molecule has 0 aliphatic carbocycles. The zero-order valence-corrected chi connectivity index (χ0v) is 18.4. The van der Waals surface area contributed by atoms with Crippen molar-refractivity contribution in [2.24, 2.45) is 0 Å². The number of nitrogens with zero attached hydrogens (tertiary/aromatic N) is 4. The lowest BCUT2D eigenvalue weighted by molar-refractivity contribution is 0.0979. The van der Waals surface area contributed by atoms with Gasteiger partial charge in [-0.25, -0.2) is 9.97 Å². The van der Waals surface area contributed by atoms with Crippen LogP contribution in [0.25, 0.3) is 11.3 Å². The number of pyridine rings is 1. The maximum Gasteiger partial charge on any atom is 0.259 e. The van der Waals surface area contributed by atoms with E-state index in [2.05, 4.69) is 53.3 Å². The first-order valence-electron chi connectivity index (χ1n) is 10.4. The van der Waals surface area contributed by atoms with Crippen molar-refractivity contribution in [1.29, 1.82) is 5.26 Å². The molecule has 5 rings (SSSR count). The second-order valence-electron chi connectivity index (χ2n) is 7.88. The molecule has 0 saturated heterocycles. The van der Waals surface area contributed by atoms with Crippen molar-refractivity contribution in [3.63, 3.8) is 0 Å². The number of fused-ring (bicyclic) bond motifs is 1. The molecule has 32 heavy (non-hydrogen) atoms. The first kappa shape index (κ1) is 20.1. The standard InChI is InChI=1S/C26H20N4OS/c1-17-11-20-8-10-30(25-21(14-27)3-2-9-28-25)26(31)23(20)13-22(17)12-18-4-6-19(7-5-18)24-15-32-16-29-24/h2-7,9,11,13,15-16H,8,10,12H2,1H3. The summed E-state index contributed by atoms with van der Waals surface area (Å²) in [4.78, 5) is 23.7. The molecule has 5 nitrogen and oxygen atoms in total. The van der Waals surface area contributed by atoms with Crippen LogP contribution in [0.3, 0.4) is 0 Å². The monoisotopic (exact) mass is 436 g/mol. The normalized spacial score (nSPS) is 13.0. The molecule has 1 aliphatic rings. The maximum atomic E-state index is 13.3. The van der Waals surface area contributed by atoms with Crippen molar-refractivity contribution in [3.05, 3.63) is 99.0 Å². The predicted molar refractivity (Wildman–Crippen MR) is 126 cm³/mol. The lowest BCUT2D eigenvalue weighted by Gasteiger charge is -2.29. The van der Waals surface area contributed by atoms with E-state index < -0.39 is 0 Å². The maximum absolute atomic E-state index is 13.3. The third kappa shape index (κ3) is 3.68. The number of anilines is 1. The zero-order valence-electron chi connectivity index (χ0n) is 17.6. The average Bonchev–Trinajstić information content (AvgIpc) is 3.36. The lowest BCUT2D eigenvalue weighted by Crippen LogP contribution is -2.38. The van der Waals surface area contributed by atoms with Gasteiger partial charge in [-0.05, 0) is 60.2 Å². The quantitative estimate of drug-likeness (QED) is 0.442. The van der Waals surface area contributed by atoms with Crippen LogP contribution in [0.2, 0.25) is 0 Å². The molecule has 0 radical (unpaired) electrons. The number of nitriles is 1. The van der Waals surface area contributed by atoms with Gasteiger partial charge in [-0.1, -0.05) is 30.3 Å². The Bertz CT molecular complexity index is 1340. The number of amides is 1.